The van der Waals surface area contributed by atoms with Crippen LogP contribution in [0.3, 0.4) is 0 Å². The number of ether oxygens (including phenoxy) is 1. The van der Waals surface area contributed by atoms with Gasteiger partial charge in [-0.3, -0.25) is 9.59 Å². The summed E-state index contributed by atoms with van der Waals surface area (Å²) in [6.07, 6.45) is 0. The van der Waals surface area contributed by atoms with E-state index < -0.39 is 23.9 Å². The lowest BCUT2D eigenvalue weighted by atomic mass is 9.88. The van der Waals surface area contributed by atoms with Gasteiger partial charge < -0.3 is 30.2 Å². The molecule has 8 nitrogen and oxygen atoms in total. The van der Waals surface area contributed by atoms with Crippen molar-refractivity contribution in [2.24, 2.45) is 0 Å². The van der Waals surface area contributed by atoms with E-state index in [0.29, 0.717) is 13.2 Å². The number of hydrogen-bond donors (Lipinski definition) is 4. The van der Waals surface area contributed by atoms with E-state index in [4.69, 9.17) is 19.6 Å². The van der Waals surface area contributed by atoms with Crippen molar-refractivity contribution in [1.29, 1.82) is 0 Å². The molecule has 0 fully saturated rings. The molecule has 0 radical (unpaired) electrons. The number of likely N-dealkylation sites (N-methyl/N-ethyl adjacent to an activating group) is 2. The zero-order chi connectivity index (χ0) is 17.9. The van der Waals surface area contributed by atoms with Crippen LogP contribution in [0.2, 0.25) is 0 Å². The maximum Gasteiger partial charge on any atom is 0.323 e. The van der Waals surface area contributed by atoms with Crippen LogP contribution in [-0.2, 0) is 32.2 Å². The number of benzene rings is 1. The summed E-state index contributed by atoms with van der Waals surface area (Å²) in [6.45, 7) is 0.707. The molecule has 0 amide bonds. The van der Waals surface area contributed by atoms with E-state index >= 15 is 0 Å². The zero-order valence-corrected chi connectivity index (χ0v) is 13.8. The summed E-state index contributed by atoms with van der Waals surface area (Å²) < 4.78 is 10.8. The highest BCUT2D eigenvalue weighted by atomic mass is 16.5. The number of rotatable bonds is 12. The van der Waals surface area contributed by atoms with E-state index in [1.807, 2.05) is 24.3 Å². The van der Waals surface area contributed by atoms with E-state index in [-0.39, 0.29) is 14.1 Å². The SMILES string of the molecule is CN[C@@H](BOCc1ccc(COC[C@H](NC)C(=O)O)cc1)C(=O)O. The van der Waals surface area contributed by atoms with Crippen molar-refractivity contribution >= 4 is 19.4 Å². The first kappa shape index (κ1) is 20.1. The number of nitrogens with one attached hydrogen (secondary N) is 2. The second-order valence-corrected chi connectivity index (χ2v) is 5.21. The maximum atomic E-state index is 10.8. The Labute approximate surface area is 141 Å². The first-order valence-corrected chi connectivity index (χ1v) is 7.51. The average Bonchev–Trinajstić information content (AvgIpc) is 2.56. The first-order chi connectivity index (χ1) is 11.5. The highest BCUT2D eigenvalue weighted by Gasteiger charge is 2.17. The molecule has 1 aromatic rings. The number of carbonyl (C=O) groups is 2. The van der Waals surface area contributed by atoms with Gasteiger partial charge in [-0.25, -0.2) is 0 Å². The predicted octanol–water partition coefficient (Wildman–Crippen LogP) is -0.626. The second kappa shape index (κ2) is 10.8. The lowest BCUT2D eigenvalue weighted by molar-refractivity contribution is -0.141. The molecule has 24 heavy (non-hydrogen) atoms. The van der Waals surface area contributed by atoms with Crippen molar-refractivity contribution in [3.63, 3.8) is 0 Å². The Balaban J connectivity index is 2.35. The molecule has 0 saturated heterocycles. The Morgan fingerprint density at radius 3 is 2.08 bits per heavy atom. The van der Waals surface area contributed by atoms with Crippen LogP contribution in [0.15, 0.2) is 24.3 Å². The molecule has 132 valence electrons. The average molecular weight is 338 g/mol. The van der Waals surface area contributed by atoms with Crippen LogP contribution in [0.5, 0.6) is 0 Å². The van der Waals surface area contributed by atoms with Crippen molar-refractivity contribution in [3.05, 3.63) is 35.4 Å². The fourth-order valence-electron chi connectivity index (χ4n) is 1.88. The van der Waals surface area contributed by atoms with Crippen LogP contribution in [0, 0.1) is 0 Å². The molecule has 0 aromatic heterocycles. The van der Waals surface area contributed by atoms with Gasteiger partial charge in [0.25, 0.3) is 0 Å². The highest BCUT2D eigenvalue weighted by molar-refractivity contribution is 6.36. The molecule has 0 saturated carbocycles. The number of hydrogen-bond acceptors (Lipinski definition) is 6. The summed E-state index contributed by atoms with van der Waals surface area (Å²) in [5.74, 6) is -2.63. The van der Waals surface area contributed by atoms with Crippen LogP contribution in [0.25, 0.3) is 0 Å². The second-order valence-electron chi connectivity index (χ2n) is 5.21. The van der Waals surface area contributed by atoms with Crippen molar-refractivity contribution in [2.45, 2.75) is 25.2 Å². The number of carboxylic acids is 2. The van der Waals surface area contributed by atoms with Gasteiger partial charge in [-0.05, 0) is 25.2 Å². The third-order valence-corrected chi connectivity index (χ3v) is 3.42. The molecule has 2 atom stereocenters. The fourth-order valence-corrected chi connectivity index (χ4v) is 1.88. The van der Waals surface area contributed by atoms with Crippen molar-refractivity contribution in [1.82, 2.24) is 10.6 Å². The van der Waals surface area contributed by atoms with E-state index in [1.165, 1.54) is 0 Å². The minimum absolute atomic E-state index is 0.0806. The van der Waals surface area contributed by atoms with Crippen LogP contribution in [0.4, 0.5) is 0 Å². The molecule has 4 N–H and O–H groups in total. The molecule has 1 aromatic carbocycles. The lowest BCUT2D eigenvalue weighted by Gasteiger charge is -2.12. The van der Waals surface area contributed by atoms with Gasteiger partial charge in [-0.2, -0.15) is 0 Å². The van der Waals surface area contributed by atoms with Crippen molar-refractivity contribution in [2.75, 3.05) is 20.7 Å². The van der Waals surface area contributed by atoms with Crippen LogP contribution in [-0.4, -0.2) is 62.3 Å². The molecule has 0 spiro atoms. The van der Waals surface area contributed by atoms with Gasteiger partial charge in [0, 0.05) is 0 Å². The summed E-state index contributed by atoms with van der Waals surface area (Å²) in [4.78, 5) is 21.7. The summed E-state index contributed by atoms with van der Waals surface area (Å²) in [7, 11) is 3.22. The van der Waals surface area contributed by atoms with Gasteiger partial charge in [-0.15, -0.1) is 0 Å². The Bertz CT molecular complexity index is 478. The maximum absolute atomic E-state index is 10.8. The quantitative estimate of drug-likeness (QED) is 0.372. The Hall–Kier alpha value is -1.94. The Morgan fingerprint density at radius 2 is 1.62 bits per heavy atom. The molecular weight excluding hydrogens is 315 g/mol. The smallest absolute Gasteiger partial charge is 0.323 e. The van der Waals surface area contributed by atoms with E-state index in [0.717, 1.165) is 11.1 Å². The summed E-state index contributed by atoms with van der Waals surface area (Å²) in [6, 6.07) is 6.72. The first-order valence-electron chi connectivity index (χ1n) is 7.51. The Morgan fingerprint density at radius 1 is 1.04 bits per heavy atom. The van der Waals surface area contributed by atoms with E-state index in [1.54, 1.807) is 14.1 Å². The largest absolute Gasteiger partial charge is 0.481 e. The van der Waals surface area contributed by atoms with Crippen LogP contribution in [0.1, 0.15) is 11.1 Å². The molecule has 0 heterocycles. The third kappa shape index (κ3) is 7.09. The van der Waals surface area contributed by atoms with Gasteiger partial charge in [0.15, 0.2) is 0 Å². The fraction of sp³-hybridized carbons (Fsp3) is 0.467. The van der Waals surface area contributed by atoms with Crippen molar-refractivity contribution < 1.29 is 29.2 Å². The van der Waals surface area contributed by atoms with E-state index in [9.17, 15) is 9.59 Å². The summed E-state index contributed by atoms with van der Waals surface area (Å²) in [5, 5.41) is 23.1. The Kier molecular flexibility index (Phi) is 9.02. The normalized spacial score (nSPS) is 13.2. The number of aliphatic carboxylic acids is 2. The molecule has 1 rings (SSSR count). The molecule has 9 heteroatoms. The predicted molar refractivity (Wildman–Crippen MR) is 89.0 cm³/mol. The molecule has 0 unspecified atom stereocenters. The van der Waals surface area contributed by atoms with Crippen LogP contribution >= 0.6 is 0 Å². The lowest BCUT2D eigenvalue weighted by Crippen LogP contribution is -2.40. The van der Waals surface area contributed by atoms with Crippen LogP contribution < -0.4 is 10.6 Å². The topological polar surface area (TPSA) is 117 Å². The third-order valence-electron chi connectivity index (χ3n) is 3.42. The van der Waals surface area contributed by atoms with Gasteiger partial charge in [0.05, 0.1) is 19.8 Å². The number of carboxylic acid groups (broad SMARTS) is 2. The molecule has 0 aliphatic rings. The highest BCUT2D eigenvalue weighted by Crippen LogP contribution is 2.07. The summed E-state index contributed by atoms with van der Waals surface area (Å²) >= 11 is 0. The van der Waals surface area contributed by atoms with E-state index in [2.05, 4.69) is 10.6 Å². The van der Waals surface area contributed by atoms with Gasteiger partial charge in [-0.1, -0.05) is 24.3 Å². The van der Waals surface area contributed by atoms with Gasteiger partial charge >= 0.3 is 19.4 Å². The molecule has 0 aliphatic carbocycles. The van der Waals surface area contributed by atoms with Crippen molar-refractivity contribution in [3.8, 4) is 0 Å². The zero-order valence-electron chi connectivity index (χ0n) is 13.8. The minimum Gasteiger partial charge on any atom is -0.481 e. The molecule has 0 aliphatic heterocycles. The van der Waals surface area contributed by atoms with Gasteiger partial charge in [0.2, 0.25) is 0 Å². The van der Waals surface area contributed by atoms with Gasteiger partial charge in [0.1, 0.15) is 12.0 Å². The minimum atomic E-state index is -0.953. The summed E-state index contributed by atoms with van der Waals surface area (Å²) in [5.41, 5.74) is 1.83. The molecule has 0 bridgehead atoms. The monoisotopic (exact) mass is 338 g/mol. The standard InChI is InChI=1S/C15H23BN2O6/c1-17-12(14(19)20)9-23-7-10-3-5-11(6-4-10)8-24-16-13(18-2)15(21)22/h3-6,12-13,16-18H,7-9H2,1-2H3,(H,19,20)(H,21,22)/t12-,13+/m0/s1. The molecular formula is C15H23BN2O6.